The van der Waals surface area contributed by atoms with Crippen LogP contribution >= 0.6 is 0 Å². The summed E-state index contributed by atoms with van der Waals surface area (Å²) in [4.78, 5) is 13.2. The summed E-state index contributed by atoms with van der Waals surface area (Å²) in [6.45, 7) is 2.03. The minimum Gasteiger partial charge on any atom is -0.503 e. The summed E-state index contributed by atoms with van der Waals surface area (Å²) < 4.78 is 0. The third-order valence-electron chi connectivity index (χ3n) is 1.93. The van der Waals surface area contributed by atoms with Crippen LogP contribution in [0.2, 0.25) is 0 Å². The third-order valence-corrected chi connectivity index (χ3v) is 1.93. The van der Waals surface area contributed by atoms with Crippen molar-refractivity contribution in [1.29, 1.82) is 0 Å². The second-order valence-electron chi connectivity index (χ2n) is 3.04. The average molecular weight is 182 g/mol. The van der Waals surface area contributed by atoms with Gasteiger partial charge in [0.1, 0.15) is 0 Å². The molecule has 4 nitrogen and oxygen atoms in total. The van der Waals surface area contributed by atoms with E-state index in [1.807, 2.05) is 6.92 Å². The van der Waals surface area contributed by atoms with Crippen LogP contribution in [0.3, 0.4) is 0 Å². The topological polar surface area (TPSA) is 79.1 Å². The highest BCUT2D eigenvalue weighted by molar-refractivity contribution is 5.24. The first-order valence-electron chi connectivity index (χ1n) is 4.32. The third kappa shape index (κ3) is 2.32. The molecule has 0 radical (unpaired) electrons. The molecule has 0 saturated heterocycles. The highest BCUT2D eigenvalue weighted by Gasteiger charge is 2.06. The lowest BCUT2D eigenvalue weighted by Gasteiger charge is -2.09. The molecule has 1 rings (SSSR count). The van der Waals surface area contributed by atoms with E-state index in [0.717, 1.165) is 18.4 Å². The van der Waals surface area contributed by atoms with Crippen molar-refractivity contribution in [1.82, 2.24) is 4.98 Å². The van der Waals surface area contributed by atoms with Crippen LogP contribution in [0.4, 0.5) is 0 Å². The second-order valence-corrected chi connectivity index (χ2v) is 3.04. The lowest BCUT2D eigenvalue weighted by Crippen LogP contribution is -2.13. The fraction of sp³-hybridized carbons (Fsp3) is 0.444. The van der Waals surface area contributed by atoms with Gasteiger partial charge in [-0.1, -0.05) is 13.3 Å². The molecule has 0 aromatic carbocycles. The summed E-state index contributed by atoms with van der Waals surface area (Å²) >= 11 is 0. The van der Waals surface area contributed by atoms with Crippen LogP contribution < -0.4 is 11.3 Å². The van der Waals surface area contributed by atoms with Crippen molar-refractivity contribution in [2.75, 3.05) is 0 Å². The predicted octanol–water partition coefficient (Wildman–Crippen LogP) is 0.880. The van der Waals surface area contributed by atoms with Crippen LogP contribution in [-0.2, 0) is 0 Å². The van der Waals surface area contributed by atoms with Crippen molar-refractivity contribution in [3.05, 3.63) is 28.2 Å². The summed E-state index contributed by atoms with van der Waals surface area (Å²) in [5, 5.41) is 9.12. The molecule has 0 spiro atoms. The average Bonchev–Trinajstić information content (AvgIpc) is 2.10. The van der Waals surface area contributed by atoms with Crippen molar-refractivity contribution in [2.24, 2.45) is 5.73 Å². The second kappa shape index (κ2) is 4.09. The lowest BCUT2D eigenvalue weighted by molar-refractivity contribution is 0.464. The molecular formula is C9H14N2O2. The van der Waals surface area contributed by atoms with E-state index in [1.165, 1.54) is 6.07 Å². The summed E-state index contributed by atoms with van der Waals surface area (Å²) in [6, 6.07) is 1.30. The van der Waals surface area contributed by atoms with E-state index in [0.29, 0.717) is 0 Å². The van der Waals surface area contributed by atoms with E-state index in [2.05, 4.69) is 4.98 Å². The van der Waals surface area contributed by atoms with Crippen molar-refractivity contribution in [3.63, 3.8) is 0 Å². The van der Waals surface area contributed by atoms with E-state index in [4.69, 9.17) is 10.8 Å². The Morgan fingerprint density at radius 1 is 1.69 bits per heavy atom. The molecule has 4 N–H and O–H groups in total. The molecule has 0 fully saturated rings. The Morgan fingerprint density at radius 2 is 2.38 bits per heavy atom. The molecule has 0 aliphatic rings. The van der Waals surface area contributed by atoms with E-state index < -0.39 is 5.56 Å². The van der Waals surface area contributed by atoms with Gasteiger partial charge < -0.3 is 15.8 Å². The molecule has 72 valence electrons. The van der Waals surface area contributed by atoms with Crippen molar-refractivity contribution < 1.29 is 5.11 Å². The highest BCUT2D eigenvalue weighted by atomic mass is 16.3. The molecule has 1 aromatic heterocycles. The number of aromatic hydroxyl groups is 1. The number of nitrogens with one attached hydrogen (secondary N) is 1. The molecule has 1 aromatic rings. The minimum atomic E-state index is -0.479. The number of hydrogen-bond donors (Lipinski definition) is 3. The molecule has 0 saturated carbocycles. The zero-order valence-electron chi connectivity index (χ0n) is 7.58. The van der Waals surface area contributed by atoms with Gasteiger partial charge in [-0.3, -0.25) is 4.79 Å². The summed E-state index contributed by atoms with van der Waals surface area (Å²) in [7, 11) is 0. The van der Waals surface area contributed by atoms with Gasteiger partial charge in [0, 0.05) is 12.2 Å². The summed E-state index contributed by atoms with van der Waals surface area (Å²) in [5.41, 5.74) is 6.08. The van der Waals surface area contributed by atoms with Crippen molar-refractivity contribution >= 4 is 0 Å². The fourth-order valence-corrected chi connectivity index (χ4v) is 1.18. The summed E-state index contributed by atoms with van der Waals surface area (Å²) in [6.07, 6.45) is 3.36. The quantitative estimate of drug-likeness (QED) is 0.649. The molecular weight excluding hydrogens is 168 g/mol. The maximum absolute atomic E-state index is 10.8. The molecule has 0 aliphatic heterocycles. The molecule has 0 bridgehead atoms. The fourth-order valence-electron chi connectivity index (χ4n) is 1.18. The number of hydrogen-bond acceptors (Lipinski definition) is 3. The number of pyridine rings is 1. The van der Waals surface area contributed by atoms with Gasteiger partial charge >= 0.3 is 0 Å². The molecule has 1 heterocycles. The molecule has 13 heavy (non-hydrogen) atoms. The normalized spacial score (nSPS) is 12.8. The smallest absolute Gasteiger partial charge is 0.290 e. The first kappa shape index (κ1) is 9.80. The van der Waals surface area contributed by atoms with Gasteiger partial charge in [0.2, 0.25) is 0 Å². The van der Waals surface area contributed by atoms with Crippen LogP contribution in [-0.4, -0.2) is 10.1 Å². The lowest BCUT2D eigenvalue weighted by atomic mass is 10.1. The molecule has 4 heteroatoms. The van der Waals surface area contributed by atoms with Crippen LogP contribution in [0.15, 0.2) is 17.1 Å². The van der Waals surface area contributed by atoms with Crippen LogP contribution in [0.25, 0.3) is 0 Å². The van der Waals surface area contributed by atoms with Gasteiger partial charge in [0.05, 0.1) is 0 Å². The maximum Gasteiger partial charge on any atom is 0.290 e. The first-order chi connectivity index (χ1) is 6.15. The van der Waals surface area contributed by atoms with E-state index in [1.54, 1.807) is 6.20 Å². The van der Waals surface area contributed by atoms with Gasteiger partial charge in [-0.2, -0.15) is 0 Å². The van der Waals surface area contributed by atoms with E-state index >= 15 is 0 Å². The maximum atomic E-state index is 10.8. The predicted molar refractivity (Wildman–Crippen MR) is 50.6 cm³/mol. The van der Waals surface area contributed by atoms with Gasteiger partial charge in [-0.25, -0.2) is 0 Å². The Bertz CT molecular complexity index is 333. The molecule has 0 unspecified atom stereocenters. The standard InChI is InChI=1S/C9H14N2O2/c1-2-3-7(10)6-4-8(12)9(13)11-5-6/h4-5,7,12H,2-3,10H2,1H3,(H,11,13)/t7-/m1/s1. The monoisotopic (exact) mass is 182 g/mol. The van der Waals surface area contributed by atoms with Gasteiger partial charge in [0.15, 0.2) is 5.75 Å². The van der Waals surface area contributed by atoms with Crippen LogP contribution in [0, 0.1) is 0 Å². The van der Waals surface area contributed by atoms with Crippen LogP contribution in [0.5, 0.6) is 5.75 Å². The Kier molecular flexibility index (Phi) is 3.08. The SMILES string of the molecule is CCC[C@@H](N)c1c[nH]c(=O)c(O)c1. The Morgan fingerprint density at radius 3 is 2.92 bits per heavy atom. The number of aromatic nitrogens is 1. The Labute approximate surface area is 76.4 Å². The number of nitrogens with two attached hydrogens (primary N) is 1. The van der Waals surface area contributed by atoms with Gasteiger partial charge in [-0.05, 0) is 18.1 Å². The number of H-pyrrole nitrogens is 1. The number of rotatable bonds is 3. The molecule has 0 amide bonds. The van der Waals surface area contributed by atoms with E-state index in [-0.39, 0.29) is 11.8 Å². The summed E-state index contributed by atoms with van der Waals surface area (Å²) in [5.74, 6) is -0.274. The largest absolute Gasteiger partial charge is 0.503 e. The van der Waals surface area contributed by atoms with Crippen LogP contribution in [0.1, 0.15) is 31.4 Å². The zero-order chi connectivity index (χ0) is 9.84. The van der Waals surface area contributed by atoms with Crippen molar-refractivity contribution in [2.45, 2.75) is 25.8 Å². The number of aromatic amines is 1. The van der Waals surface area contributed by atoms with Gasteiger partial charge in [-0.15, -0.1) is 0 Å². The Hall–Kier alpha value is -1.29. The van der Waals surface area contributed by atoms with Gasteiger partial charge in [0.25, 0.3) is 5.56 Å². The first-order valence-corrected chi connectivity index (χ1v) is 4.32. The molecule has 1 atom stereocenters. The zero-order valence-corrected chi connectivity index (χ0v) is 7.58. The molecule has 0 aliphatic carbocycles. The Balaban J connectivity index is 2.90. The highest BCUT2D eigenvalue weighted by Crippen LogP contribution is 2.15. The minimum absolute atomic E-state index is 0.118. The van der Waals surface area contributed by atoms with Crippen molar-refractivity contribution in [3.8, 4) is 5.75 Å². The van der Waals surface area contributed by atoms with E-state index in [9.17, 15) is 4.79 Å².